The lowest BCUT2D eigenvalue weighted by Crippen LogP contribution is -2.11. The van der Waals surface area contributed by atoms with Crippen LogP contribution in [0.5, 0.6) is 0 Å². The molecule has 0 N–H and O–H groups in total. The van der Waals surface area contributed by atoms with E-state index in [0.717, 1.165) is 17.4 Å². The molecular weight excluding hydrogens is 300 g/mol. The van der Waals surface area contributed by atoms with Crippen LogP contribution in [0.25, 0.3) is 11.1 Å². The summed E-state index contributed by atoms with van der Waals surface area (Å²) in [6, 6.07) is 17.4. The Balaban J connectivity index is 1.60. The lowest BCUT2D eigenvalue weighted by atomic mass is 9.78. The van der Waals surface area contributed by atoms with Crippen LogP contribution in [0.15, 0.2) is 60.7 Å². The van der Waals surface area contributed by atoms with Gasteiger partial charge in [-0.2, -0.15) is 0 Å². The van der Waals surface area contributed by atoms with Gasteiger partial charge in [-0.05, 0) is 72.8 Å². The highest BCUT2D eigenvalue weighted by atomic mass is 14.3. The van der Waals surface area contributed by atoms with Crippen molar-refractivity contribution in [2.75, 3.05) is 0 Å². The van der Waals surface area contributed by atoms with Crippen molar-refractivity contribution >= 4 is 0 Å². The number of hydrogen-bond acceptors (Lipinski definition) is 0. The third kappa shape index (κ3) is 4.64. The first kappa shape index (κ1) is 17.6. The molecule has 3 rings (SSSR count). The van der Waals surface area contributed by atoms with Crippen LogP contribution in [0.4, 0.5) is 0 Å². The molecule has 0 amide bonds. The molecule has 0 unspecified atom stereocenters. The summed E-state index contributed by atoms with van der Waals surface area (Å²) in [6.45, 7) is 2.24. The molecule has 0 atom stereocenters. The van der Waals surface area contributed by atoms with Crippen LogP contribution in [0, 0.1) is 18.3 Å². The van der Waals surface area contributed by atoms with Crippen molar-refractivity contribution in [3.63, 3.8) is 0 Å². The van der Waals surface area contributed by atoms with Gasteiger partial charge in [0.05, 0.1) is 0 Å². The SMILES string of the molecule is C#Cc1ccc(-c2ccc([C@H]3CC[C@H](/C=C/CCC)CC3)cc2)cc1. The van der Waals surface area contributed by atoms with E-state index in [0.29, 0.717) is 0 Å². The Morgan fingerprint density at radius 2 is 1.52 bits per heavy atom. The summed E-state index contributed by atoms with van der Waals surface area (Å²) in [4.78, 5) is 0. The fraction of sp³-hybridized carbons (Fsp3) is 0.360. The Hall–Kier alpha value is -2.26. The topological polar surface area (TPSA) is 0 Å². The summed E-state index contributed by atoms with van der Waals surface area (Å²) >= 11 is 0. The van der Waals surface area contributed by atoms with Gasteiger partial charge in [-0.15, -0.1) is 6.42 Å². The van der Waals surface area contributed by atoms with Crippen LogP contribution in [-0.2, 0) is 0 Å². The van der Waals surface area contributed by atoms with Crippen LogP contribution in [-0.4, -0.2) is 0 Å². The molecule has 0 heteroatoms. The molecule has 128 valence electrons. The van der Waals surface area contributed by atoms with Crippen LogP contribution in [0.1, 0.15) is 62.5 Å². The normalized spacial score (nSPS) is 20.5. The van der Waals surface area contributed by atoms with Crippen LogP contribution in [0.2, 0.25) is 0 Å². The average Bonchev–Trinajstić information content (AvgIpc) is 2.69. The predicted molar refractivity (Wildman–Crippen MR) is 109 cm³/mol. The number of terminal acetylenes is 1. The maximum absolute atomic E-state index is 5.43. The van der Waals surface area contributed by atoms with Gasteiger partial charge in [-0.25, -0.2) is 0 Å². The number of rotatable bonds is 5. The molecule has 0 aliphatic heterocycles. The Morgan fingerprint density at radius 1 is 0.920 bits per heavy atom. The maximum atomic E-state index is 5.43. The highest BCUT2D eigenvalue weighted by molar-refractivity contribution is 5.64. The minimum absolute atomic E-state index is 0.730. The third-order valence-electron chi connectivity index (χ3n) is 5.40. The molecule has 1 fully saturated rings. The molecule has 0 saturated heterocycles. The zero-order valence-corrected chi connectivity index (χ0v) is 15.2. The van der Waals surface area contributed by atoms with Crippen molar-refractivity contribution in [2.24, 2.45) is 5.92 Å². The first-order valence-electron chi connectivity index (χ1n) is 9.64. The van der Waals surface area contributed by atoms with Crippen molar-refractivity contribution in [1.82, 2.24) is 0 Å². The minimum atomic E-state index is 0.730. The van der Waals surface area contributed by atoms with Gasteiger partial charge in [0.1, 0.15) is 0 Å². The Kier molecular flexibility index (Phi) is 6.13. The molecule has 2 aromatic carbocycles. The first-order chi connectivity index (χ1) is 12.3. The second kappa shape index (κ2) is 8.72. The van der Waals surface area contributed by atoms with Gasteiger partial charge >= 0.3 is 0 Å². The first-order valence-corrected chi connectivity index (χ1v) is 9.64. The van der Waals surface area contributed by atoms with Crippen LogP contribution < -0.4 is 0 Å². The van der Waals surface area contributed by atoms with Crippen molar-refractivity contribution in [3.05, 3.63) is 71.8 Å². The second-order valence-electron chi connectivity index (χ2n) is 7.17. The average molecular weight is 328 g/mol. The minimum Gasteiger partial charge on any atom is -0.115 e. The van der Waals surface area contributed by atoms with Crippen molar-refractivity contribution < 1.29 is 0 Å². The van der Waals surface area contributed by atoms with Crippen LogP contribution in [0.3, 0.4) is 0 Å². The van der Waals surface area contributed by atoms with Crippen molar-refractivity contribution in [2.45, 2.75) is 51.4 Å². The summed E-state index contributed by atoms with van der Waals surface area (Å²) in [5.74, 6) is 4.21. The molecule has 25 heavy (non-hydrogen) atoms. The molecule has 0 nitrogen and oxygen atoms in total. The molecule has 0 bridgehead atoms. The van der Waals surface area contributed by atoms with Gasteiger partial charge in [0, 0.05) is 5.56 Å². The number of unbranched alkanes of at least 4 members (excludes halogenated alkanes) is 1. The molecule has 0 aromatic heterocycles. The van der Waals surface area contributed by atoms with E-state index in [4.69, 9.17) is 6.42 Å². The lowest BCUT2D eigenvalue weighted by Gasteiger charge is -2.27. The summed E-state index contributed by atoms with van der Waals surface area (Å²) in [5.41, 5.74) is 4.93. The molecule has 2 aromatic rings. The fourth-order valence-electron chi connectivity index (χ4n) is 3.81. The standard InChI is InChI=1S/C25H28/c1-3-5-6-7-21-10-14-23(15-11-21)25-18-16-24(17-19-25)22-12-8-20(4-2)9-13-22/h2,6-9,12-13,16-19,21,23H,3,5,10-11,14-15H2,1H3/b7-6+/t21-,23-. The monoisotopic (exact) mass is 328 g/mol. The molecule has 1 aliphatic rings. The largest absolute Gasteiger partial charge is 0.115 e. The molecule has 1 saturated carbocycles. The van der Waals surface area contributed by atoms with Gasteiger partial charge in [0.2, 0.25) is 0 Å². The Bertz CT molecular complexity index is 717. The highest BCUT2D eigenvalue weighted by Crippen LogP contribution is 2.37. The third-order valence-corrected chi connectivity index (χ3v) is 5.40. The smallest absolute Gasteiger partial charge is 0.0243 e. The summed E-state index contributed by atoms with van der Waals surface area (Å²) < 4.78 is 0. The van der Waals surface area contributed by atoms with Crippen molar-refractivity contribution in [1.29, 1.82) is 0 Å². The van der Waals surface area contributed by atoms with E-state index in [1.165, 1.54) is 55.2 Å². The predicted octanol–water partition coefficient (Wildman–Crippen LogP) is 6.97. The molecule has 0 radical (unpaired) electrons. The fourth-order valence-corrected chi connectivity index (χ4v) is 3.81. The van der Waals surface area contributed by atoms with E-state index in [9.17, 15) is 0 Å². The van der Waals surface area contributed by atoms with Gasteiger partial charge in [-0.3, -0.25) is 0 Å². The van der Waals surface area contributed by atoms with Gasteiger partial charge in [0.25, 0.3) is 0 Å². The van der Waals surface area contributed by atoms with E-state index in [1.807, 2.05) is 12.1 Å². The summed E-state index contributed by atoms with van der Waals surface area (Å²) in [7, 11) is 0. The quantitative estimate of drug-likeness (QED) is 0.411. The Labute approximate surface area is 153 Å². The molecule has 1 aliphatic carbocycles. The van der Waals surface area contributed by atoms with Crippen molar-refractivity contribution in [3.8, 4) is 23.5 Å². The molecule has 0 spiro atoms. The van der Waals surface area contributed by atoms with E-state index in [-0.39, 0.29) is 0 Å². The van der Waals surface area contributed by atoms with E-state index in [2.05, 4.69) is 61.4 Å². The number of benzene rings is 2. The summed E-state index contributed by atoms with van der Waals surface area (Å²) in [5, 5.41) is 0. The van der Waals surface area contributed by atoms with E-state index >= 15 is 0 Å². The maximum Gasteiger partial charge on any atom is 0.0243 e. The van der Waals surface area contributed by atoms with Gasteiger partial charge < -0.3 is 0 Å². The zero-order valence-electron chi connectivity index (χ0n) is 15.2. The summed E-state index contributed by atoms with van der Waals surface area (Å²) in [6.07, 6.45) is 18.1. The zero-order chi connectivity index (χ0) is 17.5. The van der Waals surface area contributed by atoms with Gasteiger partial charge in [-0.1, -0.05) is 67.8 Å². The van der Waals surface area contributed by atoms with Gasteiger partial charge in [0.15, 0.2) is 0 Å². The molecular formula is C25H28. The molecule has 0 heterocycles. The Morgan fingerprint density at radius 3 is 2.08 bits per heavy atom. The second-order valence-corrected chi connectivity index (χ2v) is 7.17. The van der Waals surface area contributed by atoms with E-state index in [1.54, 1.807) is 0 Å². The lowest BCUT2D eigenvalue weighted by molar-refractivity contribution is 0.375. The number of allylic oxidation sites excluding steroid dienone is 2. The van der Waals surface area contributed by atoms with Crippen LogP contribution >= 0.6 is 0 Å². The number of hydrogen-bond donors (Lipinski definition) is 0. The van der Waals surface area contributed by atoms with E-state index < -0.39 is 0 Å². The highest BCUT2D eigenvalue weighted by Gasteiger charge is 2.20.